The van der Waals surface area contributed by atoms with Crippen molar-refractivity contribution in [2.45, 2.75) is 6.92 Å². The summed E-state index contributed by atoms with van der Waals surface area (Å²) in [6, 6.07) is 1.57. The van der Waals surface area contributed by atoms with E-state index in [0.29, 0.717) is 0 Å². The minimum atomic E-state index is -0.619. The van der Waals surface area contributed by atoms with Crippen LogP contribution in [-0.4, -0.2) is 5.97 Å². The van der Waals surface area contributed by atoms with E-state index in [0.717, 1.165) is 0 Å². The van der Waals surface area contributed by atoms with E-state index in [-0.39, 0.29) is 11.3 Å². The van der Waals surface area contributed by atoms with E-state index in [1.807, 2.05) is 0 Å². The number of carbonyl (C=O) groups is 1. The average molecular weight is 137 g/mol. The highest BCUT2D eigenvalue weighted by molar-refractivity contribution is 5.87. The SMILES string of the molecule is C=C(C#N)OC(=O)C(=C)C. The average Bonchev–Trinajstić information content (AvgIpc) is 1.87. The second-order valence-electron chi connectivity index (χ2n) is 1.70. The molecule has 3 nitrogen and oxygen atoms in total. The van der Waals surface area contributed by atoms with Gasteiger partial charge in [-0.3, -0.25) is 0 Å². The Morgan fingerprint density at radius 3 is 2.40 bits per heavy atom. The van der Waals surface area contributed by atoms with Gasteiger partial charge in [0.25, 0.3) is 0 Å². The Morgan fingerprint density at radius 2 is 2.10 bits per heavy atom. The van der Waals surface area contributed by atoms with Crippen LogP contribution in [0.15, 0.2) is 24.5 Å². The van der Waals surface area contributed by atoms with E-state index in [4.69, 9.17) is 5.26 Å². The summed E-state index contributed by atoms with van der Waals surface area (Å²) >= 11 is 0. The molecule has 10 heavy (non-hydrogen) atoms. The monoisotopic (exact) mass is 137 g/mol. The number of esters is 1. The van der Waals surface area contributed by atoms with Gasteiger partial charge >= 0.3 is 5.97 Å². The maximum absolute atomic E-state index is 10.6. The zero-order valence-corrected chi connectivity index (χ0v) is 5.68. The van der Waals surface area contributed by atoms with E-state index >= 15 is 0 Å². The first-order valence-electron chi connectivity index (χ1n) is 2.54. The third-order valence-corrected chi connectivity index (χ3v) is 0.689. The van der Waals surface area contributed by atoms with Gasteiger partial charge in [0.2, 0.25) is 5.76 Å². The Bertz CT molecular complexity index is 222. The predicted molar refractivity (Wildman–Crippen MR) is 35.7 cm³/mol. The highest BCUT2D eigenvalue weighted by Crippen LogP contribution is 1.97. The lowest BCUT2D eigenvalue weighted by atomic mass is 10.4. The second kappa shape index (κ2) is 3.46. The van der Waals surface area contributed by atoms with Crippen LogP contribution >= 0.6 is 0 Å². The quantitative estimate of drug-likeness (QED) is 0.248. The molecule has 0 heterocycles. The molecule has 52 valence electrons. The Kier molecular flexibility index (Phi) is 2.92. The van der Waals surface area contributed by atoms with Crippen molar-refractivity contribution in [3.05, 3.63) is 24.5 Å². The van der Waals surface area contributed by atoms with Crippen molar-refractivity contribution in [3.8, 4) is 6.07 Å². The normalized spacial score (nSPS) is 7.60. The molecule has 0 rings (SSSR count). The van der Waals surface area contributed by atoms with E-state index in [9.17, 15) is 4.79 Å². The van der Waals surface area contributed by atoms with Crippen LogP contribution in [0.5, 0.6) is 0 Å². The van der Waals surface area contributed by atoms with Gasteiger partial charge in [-0.25, -0.2) is 4.79 Å². The molecule has 0 fully saturated rings. The number of carbonyl (C=O) groups excluding carboxylic acids is 1. The predicted octanol–water partition coefficient (Wildman–Crippen LogP) is 1.14. The fourth-order valence-corrected chi connectivity index (χ4v) is 0.222. The van der Waals surface area contributed by atoms with Crippen molar-refractivity contribution in [1.29, 1.82) is 5.26 Å². The Balaban J connectivity index is 3.96. The van der Waals surface area contributed by atoms with Crippen molar-refractivity contribution < 1.29 is 9.53 Å². The first kappa shape index (κ1) is 8.44. The highest BCUT2D eigenvalue weighted by atomic mass is 16.5. The molecule has 0 aromatic carbocycles. The van der Waals surface area contributed by atoms with Crippen molar-refractivity contribution in [1.82, 2.24) is 0 Å². The van der Waals surface area contributed by atoms with Crippen molar-refractivity contribution in [3.63, 3.8) is 0 Å². The first-order valence-corrected chi connectivity index (χ1v) is 2.54. The molecule has 0 bridgehead atoms. The number of nitriles is 1. The molecule has 0 atom stereocenters. The molecule has 0 N–H and O–H groups in total. The van der Waals surface area contributed by atoms with Gasteiger partial charge in [-0.2, -0.15) is 5.26 Å². The molecule has 0 aliphatic carbocycles. The van der Waals surface area contributed by atoms with Crippen LogP contribution in [0.25, 0.3) is 0 Å². The zero-order valence-electron chi connectivity index (χ0n) is 5.68. The summed E-state index contributed by atoms with van der Waals surface area (Å²) in [5.41, 5.74) is 0.247. The molecule has 0 radical (unpaired) electrons. The molecule has 0 aliphatic rings. The Hall–Kier alpha value is -1.56. The van der Waals surface area contributed by atoms with E-state index < -0.39 is 5.97 Å². The molecular weight excluding hydrogens is 130 g/mol. The Morgan fingerprint density at radius 1 is 1.60 bits per heavy atom. The summed E-state index contributed by atoms with van der Waals surface area (Å²) in [5.74, 6) is -0.834. The summed E-state index contributed by atoms with van der Waals surface area (Å²) in [6.07, 6.45) is 0. The van der Waals surface area contributed by atoms with Gasteiger partial charge in [0, 0.05) is 5.57 Å². The smallest absolute Gasteiger partial charge is 0.339 e. The van der Waals surface area contributed by atoms with Crippen LogP contribution in [0.3, 0.4) is 0 Å². The van der Waals surface area contributed by atoms with E-state index in [1.165, 1.54) is 6.92 Å². The molecular formula is C7H7NO2. The third kappa shape index (κ3) is 2.68. The van der Waals surface area contributed by atoms with Gasteiger partial charge in [0.15, 0.2) is 0 Å². The minimum absolute atomic E-state index is 0.215. The summed E-state index contributed by atoms with van der Waals surface area (Å²) in [5, 5.41) is 8.11. The summed E-state index contributed by atoms with van der Waals surface area (Å²) in [4.78, 5) is 10.6. The van der Waals surface area contributed by atoms with Crippen LogP contribution in [0.2, 0.25) is 0 Å². The molecule has 0 aromatic rings. The molecule has 0 aromatic heterocycles. The van der Waals surface area contributed by atoms with Crippen LogP contribution in [0.4, 0.5) is 0 Å². The molecule has 0 saturated heterocycles. The molecule has 0 saturated carbocycles. The lowest BCUT2D eigenvalue weighted by Crippen LogP contribution is -2.02. The molecule has 0 aliphatic heterocycles. The van der Waals surface area contributed by atoms with E-state index in [1.54, 1.807) is 6.07 Å². The number of rotatable bonds is 2. The minimum Gasteiger partial charge on any atom is -0.412 e. The van der Waals surface area contributed by atoms with Gasteiger partial charge in [-0.15, -0.1) is 0 Å². The third-order valence-electron chi connectivity index (χ3n) is 0.689. The highest BCUT2D eigenvalue weighted by Gasteiger charge is 2.03. The lowest BCUT2D eigenvalue weighted by Gasteiger charge is -1.97. The summed E-state index contributed by atoms with van der Waals surface area (Å²) in [6.45, 7) is 7.96. The molecule has 0 spiro atoms. The van der Waals surface area contributed by atoms with Gasteiger partial charge < -0.3 is 4.74 Å². The van der Waals surface area contributed by atoms with Crippen molar-refractivity contribution in [2.75, 3.05) is 0 Å². The first-order chi connectivity index (χ1) is 4.57. The number of nitrogens with zero attached hydrogens (tertiary/aromatic N) is 1. The molecule has 3 heteroatoms. The van der Waals surface area contributed by atoms with Gasteiger partial charge in [0.05, 0.1) is 0 Å². The number of hydrogen-bond donors (Lipinski definition) is 0. The lowest BCUT2D eigenvalue weighted by molar-refractivity contribution is -0.134. The van der Waals surface area contributed by atoms with Crippen LogP contribution < -0.4 is 0 Å². The Labute approximate surface area is 59.2 Å². The largest absolute Gasteiger partial charge is 0.412 e. The maximum Gasteiger partial charge on any atom is 0.339 e. The van der Waals surface area contributed by atoms with Crippen molar-refractivity contribution >= 4 is 5.97 Å². The molecule has 0 amide bonds. The van der Waals surface area contributed by atoms with Gasteiger partial charge in [0.1, 0.15) is 6.07 Å². The fourth-order valence-electron chi connectivity index (χ4n) is 0.222. The topological polar surface area (TPSA) is 50.1 Å². The molecule has 0 unspecified atom stereocenters. The fraction of sp³-hybridized carbons (Fsp3) is 0.143. The number of hydrogen-bond acceptors (Lipinski definition) is 3. The van der Waals surface area contributed by atoms with Crippen LogP contribution in [0.1, 0.15) is 6.92 Å². The van der Waals surface area contributed by atoms with E-state index in [2.05, 4.69) is 17.9 Å². The summed E-state index contributed by atoms with van der Waals surface area (Å²) in [7, 11) is 0. The maximum atomic E-state index is 10.6. The van der Waals surface area contributed by atoms with Gasteiger partial charge in [-0.05, 0) is 13.5 Å². The van der Waals surface area contributed by atoms with Gasteiger partial charge in [-0.1, -0.05) is 6.58 Å². The zero-order chi connectivity index (χ0) is 8.15. The van der Waals surface area contributed by atoms with Crippen molar-refractivity contribution in [2.24, 2.45) is 0 Å². The van der Waals surface area contributed by atoms with Crippen LogP contribution in [-0.2, 0) is 9.53 Å². The standard InChI is InChI=1S/C7H7NO2/c1-5(2)7(9)10-6(3)4-8/h1,3H2,2H3. The second-order valence-corrected chi connectivity index (χ2v) is 1.70. The summed E-state index contributed by atoms with van der Waals surface area (Å²) < 4.78 is 4.37. The number of allylic oxidation sites excluding steroid dienone is 1. The number of ether oxygens (including phenoxy) is 1. The van der Waals surface area contributed by atoms with Crippen LogP contribution in [0, 0.1) is 11.3 Å².